The molecule has 0 aromatic heterocycles. The van der Waals surface area contributed by atoms with Gasteiger partial charge in [0.25, 0.3) is 0 Å². The third-order valence-electron chi connectivity index (χ3n) is 3.02. The minimum absolute atomic E-state index is 0.858. The van der Waals surface area contributed by atoms with Crippen molar-refractivity contribution in [2.75, 3.05) is 0 Å². The second-order valence-corrected chi connectivity index (χ2v) is 3.61. The van der Waals surface area contributed by atoms with Crippen molar-refractivity contribution in [1.29, 1.82) is 0 Å². The van der Waals surface area contributed by atoms with E-state index in [0.717, 1.165) is 5.92 Å². The molecule has 0 saturated heterocycles. The third kappa shape index (κ3) is 1.80. The molecule has 0 N–H and O–H groups in total. The van der Waals surface area contributed by atoms with Gasteiger partial charge in [-0.05, 0) is 43.6 Å². The molecule has 0 aromatic carbocycles. The Morgan fingerprint density at radius 1 is 1.50 bits per heavy atom. The zero-order chi connectivity index (χ0) is 8.97. The Hall–Kier alpha value is -0.520. The van der Waals surface area contributed by atoms with Gasteiger partial charge in [-0.25, -0.2) is 0 Å². The lowest BCUT2D eigenvalue weighted by Gasteiger charge is -2.26. The first-order chi connectivity index (χ1) is 5.83. The molecule has 0 aromatic rings. The summed E-state index contributed by atoms with van der Waals surface area (Å²) in [6.07, 6.45) is 8.63. The van der Waals surface area contributed by atoms with Crippen molar-refractivity contribution < 1.29 is 0 Å². The monoisotopic (exact) mass is 164 g/mol. The molecule has 68 valence electrons. The quantitative estimate of drug-likeness (QED) is 0.589. The van der Waals surface area contributed by atoms with Crippen LogP contribution < -0.4 is 0 Å². The van der Waals surface area contributed by atoms with Gasteiger partial charge in [-0.15, -0.1) is 0 Å². The van der Waals surface area contributed by atoms with Crippen molar-refractivity contribution in [2.24, 2.45) is 5.92 Å². The van der Waals surface area contributed by atoms with Crippen LogP contribution in [0.4, 0.5) is 0 Å². The molecule has 0 heterocycles. The van der Waals surface area contributed by atoms with Crippen LogP contribution in [-0.4, -0.2) is 0 Å². The fourth-order valence-corrected chi connectivity index (χ4v) is 2.34. The van der Waals surface area contributed by atoms with Crippen molar-refractivity contribution in [3.63, 3.8) is 0 Å². The summed E-state index contributed by atoms with van der Waals surface area (Å²) in [6, 6.07) is 0. The van der Waals surface area contributed by atoms with Crippen LogP contribution in [0.1, 0.15) is 46.0 Å². The summed E-state index contributed by atoms with van der Waals surface area (Å²) < 4.78 is 0. The lowest BCUT2D eigenvalue weighted by molar-refractivity contribution is 0.476. The van der Waals surface area contributed by atoms with Crippen molar-refractivity contribution >= 4 is 0 Å². The van der Waals surface area contributed by atoms with E-state index in [1.54, 1.807) is 5.57 Å². The maximum atomic E-state index is 3.89. The van der Waals surface area contributed by atoms with Gasteiger partial charge in [-0.2, -0.15) is 0 Å². The first-order valence-corrected chi connectivity index (χ1v) is 5.17. The summed E-state index contributed by atoms with van der Waals surface area (Å²) in [6.45, 7) is 8.46. The molecule has 0 fully saturated rings. The molecule has 1 aliphatic rings. The highest BCUT2D eigenvalue weighted by molar-refractivity contribution is 5.27. The summed E-state index contributed by atoms with van der Waals surface area (Å²) in [5.41, 5.74) is 3.22. The molecule has 0 radical (unpaired) electrons. The molecular weight excluding hydrogens is 144 g/mol. The molecule has 0 nitrogen and oxygen atoms in total. The lowest BCUT2D eigenvalue weighted by atomic mass is 9.80. The maximum Gasteiger partial charge on any atom is -0.0200 e. The van der Waals surface area contributed by atoms with Crippen LogP contribution in [0.15, 0.2) is 23.8 Å². The number of rotatable bonds is 3. The highest BCUT2D eigenvalue weighted by Crippen LogP contribution is 2.34. The van der Waals surface area contributed by atoms with Crippen molar-refractivity contribution in [1.82, 2.24) is 0 Å². The lowest BCUT2D eigenvalue weighted by Crippen LogP contribution is -2.10. The molecule has 0 aliphatic heterocycles. The van der Waals surface area contributed by atoms with E-state index < -0.39 is 0 Å². The van der Waals surface area contributed by atoms with Crippen LogP contribution in [0.2, 0.25) is 0 Å². The van der Waals surface area contributed by atoms with E-state index in [1.165, 1.54) is 37.7 Å². The Balaban J connectivity index is 2.85. The summed E-state index contributed by atoms with van der Waals surface area (Å²) in [7, 11) is 0. The van der Waals surface area contributed by atoms with E-state index in [9.17, 15) is 0 Å². The molecule has 0 bridgehead atoms. The van der Waals surface area contributed by atoms with Gasteiger partial charge in [0.1, 0.15) is 0 Å². The standard InChI is InChI=1S/C12H20/c1-4-10-8-7-9-11(5-2)12(10)6-3/h4,11H,1,5-9H2,2-3H3. The highest BCUT2D eigenvalue weighted by atomic mass is 14.2. The normalized spacial score (nSPS) is 24.3. The smallest absolute Gasteiger partial charge is 0.0200 e. The number of hydrogen-bond donors (Lipinski definition) is 0. The van der Waals surface area contributed by atoms with Crippen LogP contribution in [0, 0.1) is 5.92 Å². The van der Waals surface area contributed by atoms with Crippen LogP contribution in [-0.2, 0) is 0 Å². The average Bonchev–Trinajstić information content (AvgIpc) is 2.16. The fraction of sp³-hybridized carbons (Fsp3) is 0.667. The predicted molar refractivity (Wildman–Crippen MR) is 55.1 cm³/mol. The first kappa shape index (κ1) is 9.57. The summed E-state index contributed by atoms with van der Waals surface area (Å²) in [4.78, 5) is 0. The zero-order valence-electron chi connectivity index (χ0n) is 8.40. The minimum atomic E-state index is 0.858. The fourth-order valence-electron chi connectivity index (χ4n) is 2.34. The second-order valence-electron chi connectivity index (χ2n) is 3.61. The Bertz CT molecular complexity index is 186. The molecule has 1 rings (SSSR count). The molecule has 1 atom stereocenters. The van der Waals surface area contributed by atoms with Crippen LogP contribution >= 0.6 is 0 Å². The highest BCUT2D eigenvalue weighted by Gasteiger charge is 2.18. The van der Waals surface area contributed by atoms with Crippen LogP contribution in [0.25, 0.3) is 0 Å². The van der Waals surface area contributed by atoms with Gasteiger partial charge in [0.2, 0.25) is 0 Å². The Morgan fingerprint density at radius 3 is 2.75 bits per heavy atom. The van der Waals surface area contributed by atoms with Gasteiger partial charge < -0.3 is 0 Å². The summed E-state index contributed by atoms with van der Waals surface area (Å²) in [5, 5.41) is 0. The van der Waals surface area contributed by atoms with Gasteiger partial charge in [0, 0.05) is 0 Å². The van der Waals surface area contributed by atoms with E-state index in [-0.39, 0.29) is 0 Å². The molecule has 0 amide bonds. The van der Waals surface area contributed by atoms with Crippen molar-refractivity contribution in [3.8, 4) is 0 Å². The molecule has 0 spiro atoms. The number of allylic oxidation sites excluding steroid dienone is 3. The predicted octanol–water partition coefficient (Wildman–Crippen LogP) is 4.09. The molecule has 0 saturated carbocycles. The Morgan fingerprint density at radius 2 is 2.25 bits per heavy atom. The molecule has 1 aliphatic carbocycles. The van der Waals surface area contributed by atoms with E-state index in [2.05, 4.69) is 26.5 Å². The SMILES string of the molecule is C=CC1=C(CC)C(CC)CCC1. The van der Waals surface area contributed by atoms with Crippen LogP contribution in [0.3, 0.4) is 0 Å². The van der Waals surface area contributed by atoms with Gasteiger partial charge in [0.15, 0.2) is 0 Å². The average molecular weight is 164 g/mol. The third-order valence-corrected chi connectivity index (χ3v) is 3.02. The van der Waals surface area contributed by atoms with Gasteiger partial charge in [-0.3, -0.25) is 0 Å². The van der Waals surface area contributed by atoms with Crippen molar-refractivity contribution in [3.05, 3.63) is 23.8 Å². The minimum Gasteiger partial charge on any atom is -0.0988 e. The Labute approximate surface area is 76.4 Å². The van der Waals surface area contributed by atoms with E-state index >= 15 is 0 Å². The molecule has 0 heteroatoms. The van der Waals surface area contributed by atoms with Gasteiger partial charge in [0.05, 0.1) is 0 Å². The van der Waals surface area contributed by atoms with Crippen LogP contribution in [0.5, 0.6) is 0 Å². The van der Waals surface area contributed by atoms with E-state index in [1.807, 2.05) is 0 Å². The Kier molecular flexibility index (Phi) is 3.58. The summed E-state index contributed by atoms with van der Waals surface area (Å²) in [5.74, 6) is 0.858. The van der Waals surface area contributed by atoms with Gasteiger partial charge >= 0.3 is 0 Å². The summed E-state index contributed by atoms with van der Waals surface area (Å²) >= 11 is 0. The first-order valence-electron chi connectivity index (χ1n) is 5.17. The maximum absolute atomic E-state index is 3.89. The topological polar surface area (TPSA) is 0 Å². The molecular formula is C12H20. The number of hydrogen-bond acceptors (Lipinski definition) is 0. The largest absolute Gasteiger partial charge is 0.0988 e. The van der Waals surface area contributed by atoms with E-state index in [0.29, 0.717) is 0 Å². The second kappa shape index (κ2) is 4.49. The zero-order valence-corrected chi connectivity index (χ0v) is 8.40. The van der Waals surface area contributed by atoms with Gasteiger partial charge in [-0.1, -0.05) is 32.1 Å². The van der Waals surface area contributed by atoms with Crippen molar-refractivity contribution in [2.45, 2.75) is 46.0 Å². The molecule has 12 heavy (non-hydrogen) atoms. The molecule has 1 unspecified atom stereocenters. The van der Waals surface area contributed by atoms with E-state index in [4.69, 9.17) is 0 Å².